The molecule has 0 aromatic carbocycles. The van der Waals surface area contributed by atoms with Crippen molar-refractivity contribution in [3.63, 3.8) is 0 Å². The van der Waals surface area contributed by atoms with E-state index in [2.05, 4.69) is 23.8 Å². The fraction of sp³-hybridized carbons (Fsp3) is 0.600. The van der Waals surface area contributed by atoms with Crippen LogP contribution in [0.15, 0.2) is 11.1 Å². The second-order valence-electron chi connectivity index (χ2n) is 3.61. The van der Waals surface area contributed by atoms with Crippen LogP contribution in [0.1, 0.15) is 26.6 Å². The number of aryl methyl sites for hydroxylation is 1. The minimum absolute atomic E-state index is 0.572. The molecule has 0 saturated heterocycles. The van der Waals surface area contributed by atoms with Crippen LogP contribution in [0.25, 0.3) is 0 Å². The normalized spacial score (nSPS) is 10.9. The zero-order chi connectivity index (χ0) is 10.6. The quantitative estimate of drug-likeness (QED) is 0.613. The molecule has 2 N–H and O–H groups in total. The van der Waals surface area contributed by atoms with Crippen LogP contribution in [0.2, 0.25) is 0 Å². The molecule has 4 heteroatoms. The number of nitrogen functional groups attached to an aromatic ring is 1. The van der Waals surface area contributed by atoms with Gasteiger partial charge < -0.3 is 5.73 Å². The summed E-state index contributed by atoms with van der Waals surface area (Å²) in [6.07, 6.45) is 0.834. The molecule has 1 heterocycles. The molecule has 0 bridgehead atoms. The summed E-state index contributed by atoms with van der Waals surface area (Å²) in [5, 5.41) is 0.989. The van der Waals surface area contributed by atoms with Gasteiger partial charge in [-0.05, 0) is 5.92 Å². The van der Waals surface area contributed by atoms with Crippen LogP contribution in [0.3, 0.4) is 0 Å². The summed E-state index contributed by atoms with van der Waals surface area (Å²) in [6.45, 7) is 6.42. The second kappa shape index (κ2) is 5.20. The number of hydrogen-bond donors (Lipinski definition) is 1. The van der Waals surface area contributed by atoms with Crippen LogP contribution < -0.4 is 5.73 Å². The van der Waals surface area contributed by atoms with Gasteiger partial charge in [0.1, 0.15) is 16.7 Å². The van der Waals surface area contributed by atoms with Crippen LogP contribution >= 0.6 is 11.8 Å². The van der Waals surface area contributed by atoms with Crippen molar-refractivity contribution in [1.82, 2.24) is 9.97 Å². The number of hydrogen-bond acceptors (Lipinski definition) is 4. The average Bonchev–Trinajstić information content (AvgIpc) is 2.14. The molecular weight excluding hydrogens is 194 g/mol. The zero-order valence-electron chi connectivity index (χ0n) is 8.95. The van der Waals surface area contributed by atoms with Crippen molar-refractivity contribution in [2.45, 2.75) is 32.2 Å². The van der Waals surface area contributed by atoms with Gasteiger partial charge in [-0.2, -0.15) is 0 Å². The summed E-state index contributed by atoms with van der Waals surface area (Å²) >= 11 is 1.74. The third-order valence-corrected chi connectivity index (χ3v) is 2.99. The van der Waals surface area contributed by atoms with E-state index in [0.29, 0.717) is 11.7 Å². The van der Waals surface area contributed by atoms with Crippen LogP contribution in [-0.4, -0.2) is 15.7 Å². The molecule has 0 spiro atoms. The molecule has 14 heavy (non-hydrogen) atoms. The number of nitrogens with two attached hydrogens (primary N) is 1. The Bertz CT molecular complexity index is 299. The molecule has 0 aliphatic heterocycles. The Hall–Kier alpha value is -0.770. The molecule has 0 saturated carbocycles. The van der Waals surface area contributed by atoms with E-state index in [-0.39, 0.29) is 0 Å². The van der Waals surface area contributed by atoms with Gasteiger partial charge in [-0.1, -0.05) is 20.8 Å². The van der Waals surface area contributed by atoms with Crippen LogP contribution in [0.4, 0.5) is 5.82 Å². The highest BCUT2D eigenvalue weighted by Gasteiger charge is 2.03. The van der Waals surface area contributed by atoms with Gasteiger partial charge in [-0.15, -0.1) is 11.8 Å². The summed E-state index contributed by atoms with van der Waals surface area (Å²) in [5.74, 6) is 3.14. The molecule has 0 aliphatic rings. The first-order valence-corrected chi connectivity index (χ1v) is 5.86. The maximum atomic E-state index is 5.68. The summed E-state index contributed by atoms with van der Waals surface area (Å²) in [4.78, 5) is 8.53. The number of aromatic nitrogens is 2. The first-order valence-electron chi connectivity index (χ1n) is 4.88. The van der Waals surface area contributed by atoms with Gasteiger partial charge in [-0.3, -0.25) is 0 Å². The molecular formula is C10H17N3S. The highest BCUT2D eigenvalue weighted by atomic mass is 32.2. The minimum atomic E-state index is 0.572. The van der Waals surface area contributed by atoms with E-state index in [1.54, 1.807) is 11.8 Å². The molecule has 3 nitrogen and oxygen atoms in total. The molecule has 78 valence electrons. The summed E-state index contributed by atoms with van der Waals surface area (Å²) in [6, 6.07) is 1.84. The monoisotopic (exact) mass is 211 g/mol. The molecule has 0 radical (unpaired) electrons. The van der Waals surface area contributed by atoms with E-state index in [9.17, 15) is 0 Å². The Labute approximate surface area is 89.5 Å². The molecule has 1 aromatic heterocycles. The lowest BCUT2D eigenvalue weighted by molar-refractivity contribution is 0.748. The van der Waals surface area contributed by atoms with Gasteiger partial charge in [-0.25, -0.2) is 9.97 Å². The van der Waals surface area contributed by atoms with Crippen LogP contribution in [-0.2, 0) is 6.42 Å². The predicted octanol–water partition coefficient (Wildman–Crippen LogP) is 2.37. The first-order chi connectivity index (χ1) is 6.61. The van der Waals surface area contributed by atoms with Crippen molar-refractivity contribution in [3.8, 4) is 0 Å². The van der Waals surface area contributed by atoms with Crippen molar-refractivity contribution in [1.29, 1.82) is 0 Å². The molecule has 1 rings (SSSR count). The van der Waals surface area contributed by atoms with Gasteiger partial charge in [0, 0.05) is 18.2 Å². The molecule has 1 aromatic rings. The Morgan fingerprint density at radius 3 is 2.71 bits per heavy atom. The lowest BCUT2D eigenvalue weighted by Crippen LogP contribution is -2.00. The number of rotatable bonds is 4. The fourth-order valence-electron chi connectivity index (χ4n) is 0.976. The second-order valence-corrected chi connectivity index (χ2v) is 4.65. The summed E-state index contributed by atoms with van der Waals surface area (Å²) in [5.41, 5.74) is 5.68. The molecule has 0 unspecified atom stereocenters. The Balaban J connectivity index is 2.71. The van der Waals surface area contributed by atoms with Gasteiger partial charge in [0.15, 0.2) is 0 Å². The summed E-state index contributed by atoms with van der Waals surface area (Å²) in [7, 11) is 0. The third-order valence-electron chi connectivity index (χ3n) is 1.65. The SMILES string of the molecule is CCc1nc(N)cc(SCC(C)C)n1. The van der Waals surface area contributed by atoms with Crippen molar-refractivity contribution in [3.05, 3.63) is 11.9 Å². The van der Waals surface area contributed by atoms with Gasteiger partial charge in [0.05, 0.1) is 0 Å². The lowest BCUT2D eigenvalue weighted by atomic mass is 10.3. The zero-order valence-corrected chi connectivity index (χ0v) is 9.77. The highest BCUT2D eigenvalue weighted by Crippen LogP contribution is 2.19. The Morgan fingerprint density at radius 2 is 2.14 bits per heavy atom. The maximum Gasteiger partial charge on any atom is 0.131 e. The van der Waals surface area contributed by atoms with E-state index in [0.717, 1.165) is 23.0 Å². The maximum absolute atomic E-state index is 5.68. The van der Waals surface area contributed by atoms with E-state index in [1.165, 1.54) is 0 Å². The highest BCUT2D eigenvalue weighted by molar-refractivity contribution is 7.99. The molecule has 0 atom stereocenters. The molecule has 0 fully saturated rings. The van der Waals surface area contributed by atoms with E-state index >= 15 is 0 Å². The van der Waals surface area contributed by atoms with Crippen molar-refractivity contribution in [2.24, 2.45) is 5.92 Å². The van der Waals surface area contributed by atoms with Crippen LogP contribution in [0, 0.1) is 5.92 Å². The topological polar surface area (TPSA) is 51.8 Å². The Morgan fingerprint density at radius 1 is 1.43 bits per heavy atom. The van der Waals surface area contributed by atoms with Gasteiger partial charge in [0.2, 0.25) is 0 Å². The third kappa shape index (κ3) is 3.54. The van der Waals surface area contributed by atoms with E-state index in [1.807, 2.05) is 13.0 Å². The smallest absolute Gasteiger partial charge is 0.131 e. The van der Waals surface area contributed by atoms with Crippen molar-refractivity contribution < 1.29 is 0 Å². The molecule has 0 aliphatic carbocycles. The summed E-state index contributed by atoms with van der Waals surface area (Å²) < 4.78 is 0. The lowest BCUT2D eigenvalue weighted by Gasteiger charge is -2.05. The van der Waals surface area contributed by atoms with E-state index < -0.39 is 0 Å². The number of thioether (sulfide) groups is 1. The van der Waals surface area contributed by atoms with E-state index in [4.69, 9.17) is 5.73 Å². The number of nitrogens with zero attached hydrogens (tertiary/aromatic N) is 2. The predicted molar refractivity (Wildman–Crippen MR) is 61.4 cm³/mol. The molecule has 0 amide bonds. The average molecular weight is 211 g/mol. The van der Waals surface area contributed by atoms with Crippen LogP contribution in [0.5, 0.6) is 0 Å². The number of anilines is 1. The van der Waals surface area contributed by atoms with Gasteiger partial charge in [0.25, 0.3) is 0 Å². The van der Waals surface area contributed by atoms with Crippen molar-refractivity contribution in [2.75, 3.05) is 11.5 Å². The standard InChI is InChI=1S/C10H17N3S/c1-4-9-12-8(11)5-10(13-9)14-6-7(2)3/h5,7H,4,6H2,1-3H3,(H2,11,12,13). The first kappa shape index (κ1) is 11.3. The Kier molecular flexibility index (Phi) is 4.20. The minimum Gasteiger partial charge on any atom is -0.384 e. The fourth-order valence-corrected chi connectivity index (χ4v) is 1.85. The van der Waals surface area contributed by atoms with Crippen molar-refractivity contribution >= 4 is 17.6 Å². The van der Waals surface area contributed by atoms with Gasteiger partial charge >= 0.3 is 0 Å². The largest absolute Gasteiger partial charge is 0.384 e.